The van der Waals surface area contributed by atoms with Crippen molar-refractivity contribution in [3.8, 4) is 0 Å². The quantitative estimate of drug-likeness (QED) is 0.901. The number of ether oxygens (including phenoxy) is 1. The van der Waals surface area contributed by atoms with Crippen LogP contribution in [-0.4, -0.2) is 22.9 Å². The largest absolute Gasteiger partial charge is 0.389 e. The van der Waals surface area contributed by atoms with E-state index in [9.17, 15) is 5.11 Å². The molecule has 1 heterocycles. The topological polar surface area (TPSA) is 29.5 Å². The zero-order valence-electron chi connectivity index (χ0n) is 12.2. The van der Waals surface area contributed by atoms with Crippen molar-refractivity contribution >= 4 is 10.8 Å². The van der Waals surface area contributed by atoms with E-state index in [-0.39, 0.29) is 12.2 Å². The minimum Gasteiger partial charge on any atom is -0.389 e. The molecule has 0 spiro atoms. The SMILES string of the molecule is CC1CC(O)(Cc2cccc3ccccc23)CC(C)O1. The summed E-state index contributed by atoms with van der Waals surface area (Å²) in [5, 5.41) is 13.4. The molecule has 2 aromatic rings. The summed E-state index contributed by atoms with van der Waals surface area (Å²) in [7, 11) is 0. The van der Waals surface area contributed by atoms with Gasteiger partial charge in [0.2, 0.25) is 0 Å². The van der Waals surface area contributed by atoms with Crippen LogP contribution in [-0.2, 0) is 11.2 Å². The first-order chi connectivity index (χ1) is 9.56. The molecule has 1 N–H and O–H groups in total. The van der Waals surface area contributed by atoms with Crippen molar-refractivity contribution in [1.29, 1.82) is 0 Å². The molecule has 1 aliphatic heterocycles. The van der Waals surface area contributed by atoms with E-state index < -0.39 is 5.60 Å². The zero-order chi connectivity index (χ0) is 14.2. The van der Waals surface area contributed by atoms with Crippen molar-refractivity contribution in [1.82, 2.24) is 0 Å². The van der Waals surface area contributed by atoms with E-state index in [1.165, 1.54) is 16.3 Å². The van der Waals surface area contributed by atoms with E-state index in [1.807, 2.05) is 13.8 Å². The minimum absolute atomic E-state index is 0.124. The Morgan fingerprint density at radius 2 is 1.70 bits per heavy atom. The zero-order valence-corrected chi connectivity index (χ0v) is 12.2. The van der Waals surface area contributed by atoms with Crippen molar-refractivity contribution in [2.75, 3.05) is 0 Å². The van der Waals surface area contributed by atoms with Crippen molar-refractivity contribution in [2.45, 2.75) is 50.9 Å². The second kappa shape index (κ2) is 5.19. The molecule has 2 unspecified atom stereocenters. The van der Waals surface area contributed by atoms with E-state index in [2.05, 4.69) is 42.5 Å². The van der Waals surface area contributed by atoms with Gasteiger partial charge in [-0.2, -0.15) is 0 Å². The molecule has 0 radical (unpaired) electrons. The van der Waals surface area contributed by atoms with E-state index >= 15 is 0 Å². The smallest absolute Gasteiger partial charge is 0.0737 e. The molecule has 0 aromatic heterocycles. The molecule has 0 saturated carbocycles. The summed E-state index contributed by atoms with van der Waals surface area (Å²) < 4.78 is 5.75. The first-order valence-corrected chi connectivity index (χ1v) is 7.40. The number of hydrogen-bond acceptors (Lipinski definition) is 2. The van der Waals surface area contributed by atoms with Gasteiger partial charge in [-0.15, -0.1) is 0 Å². The van der Waals surface area contributed by atoms with Crippen molar-refractivity contribution in [3.63, 3.8) is 0 Å². The highest BCUT2D eigenvalue weighted by atomic mass is 16.5. The lowest BCUT2D eigenvalue weighted by Crippen LogP contribution is -2.44. The summed E-state index contributed by atoms with van der Waals surface area (Å²) in [6, 6.07) is 14.7. The molecular formula is C18H22O2. The molecule has 0 amide bonds. The van der Waals surface area contributed by atoms with Crippen LogP contribution in [0, 0.1) is 0 Å². The van der Waals surface area contributed by atoms with Crippen LogP contribution in [0.15, 0.2) is 42.5 Å². The Labute approximate surface area is 120 Å². The molecule has 1 saturated heterocycles. The van der Waals surface area contributed by atoms with Crippen molar-refractivity contribution < 1.29 is 9.84 Å². The Balaban J connectivity index is 1.92. The molecule has 0 bridgehead atoms. The summed E-state index contributed by atoms with van der Waals surface area (Å²) in [6.07, 6.45) is 2.37. The van der Waals surface area contributed by atoms with Crippen LogP contribution in [0.5, 0.6) is 0 Å². The molecule has 1 aliphatic rings. The lowest BCUT2D eigenvalue weighted by atomic mass is 9.81. The molecule has 20 heavy (non-hydrogen) atoms. The maximum absolute atomic E-state index is 10.9. The van der Waals surface area contributed by atoms with Gasteiger partial charge in [-0.1, -0.05) is 42.5 Å². The van der Waals surface area contributed by atoms with Gasteiger partial charge in [0.25, 0.3) is 0 Å². The number of fused-ring (bicyclic) bond motifs is 1. The third-order valence-electron chi connectivity index (χ3n) is 4.20. The van der Waals surface area contributed by atoms with E-state index in [4.69, 9.17) is 4.74 Å². The van der Waals surface area contributed by atoms with Gasteiger partial charge in [-0.05, 0) is 30.2 Å². The highest BCUT2D eigenvalue weighted by Crippen LogP contribution is 2.33. The fourth-order valence-electron chi connectivity index (χ4n) is 3.59. The molecule has 2 aromatic carbocycles. The van der Waals surface area contributed by atoms with Crippen LogP contribution in [0.1, 0.15) is 32.3 Å². The maximum Gasteiger partial charge on any atom is 0.0737 e. The molecule has 106 valence electrons. The number of hydrogen-bond donors (Lipinski definition) is 1. The second-order valence-electron chi connectivity index (χ2n) is 6.20. The summed E-state index contributed by atoms with van der Waals surface area (Å²) in [5.41, 5.74) is 0.577. The Hall–Kier alpha value is -1.38. The molecular weight excluding hydrogens is 248 g/mol. The van der Waals surface area contributed by atoms with Gasteiger partial charge in [0, 0.05) is 19.3 Å². The van der Waals surface area contributed by atoms with Crippen LogP contribution in [0.3, 0.4) is 0 Å². The van der Waals surface area contributed by atoms with Crippen LogP contribution < -0.4 is 0 Å². The molecule has 0 aliphatic carbocycles. The van der Waals surface area contributed by atoms with E-state index in [0.717, 1.165) is 0 Å². The van der Waals surface area contributed by atoms with Crippen LogP contribution in [0.4, 0.5) is 0 Å². The fraction of sp³-hybridized carbons (Fsp3) is 0.444. The lowest BCUT2D eigenvalue weighted by Gasteiger charge is -2.39. The molecule has 2 heteroatoms. The van der Waals surface area contributed by atoms with Crippen molar-refractivity contribution in [3.05, 3.63) is 48.0 Å². The highest BCUT2D eigenvalue weighted by molar-refractivity contribution is 5.85. The average molecular weight is 270 g/mol. The number of aliphatic hydroxyl groups is 1. The number of rotatable bonds is 2. The van der Waals surface area contributed by atoms with Gasteiger partial charge >= 0.3 is 0 Å². The summed E-state index contributed by atoms with van der Waals surface area (Å²) in [4.78, 5) is 0. The monoisotopic (exact) mass is 270 g/mol. The average Bonchev–Trinajstić information content (AvgIpc) is 2.37. The summed E-state index contributed by atoms with van der Waals surface area (Å²) in [6.45, 7) is 4.09. The third-order valence-corrected chi connectivity index (χ3v) is 4.20. The van der Waals surface area contributed by atoms with Gasteiger partial charge in [-0.3, -0.25) is 0 Å². The standard InChI is InChI=1S/C18H22O2/c1-13-10-18(19,11-14(2)20-13)12-16-8-5-7-15-6-3-4-9-17(15)16/h3-9,13-14,19H,10-12H2,1-2H3. The normalized spacial score (nSPS) is 30.6. The highest BCUT2D eigenvalue weighted by Gasteiger charge is 2.37. The maximum atomic E-state index is 10.9. The van der Waals surface area contributed by atoms with Gasteiger partial charge in [0.1, 0.15) is 0 Å². The van der Waals surface area contributed by atoms with E-state index in [1.54, 1.807) is 0 Å². The van der Waals surface area contributed by atoms with Gasteiger partial charge in [0.05, 0.1) is 17.8 Å². The first kappa shape index (κ1) is 13.6. The third kappa shape index (κ3) is 2.72. The minimum atomic E-state index is -0.652. The molecule has 2 atom stereocenters. The molecule has 1 fully saturated rings. The predicted octanol–water partition coefficient (Wildman–Crippen LogP) is 3.70. The van der Waals surface area contributed by atoms with Crippen LogP contribution >= 0.6 is 0 Å². The van der Waals surface area contributed by atoms with Gasteiger partial charge in [-0.25, -0.2) is 0 Å². The van der Waals surface area contributed by atoms with Crippen LogP contribution in [0.25, 0.3) is 10.8 Å². The number of benzene rings is 2. The Morgan fingerprint density at radius 1 is 1.05 bits per heavy atom. The summed E-state index contributed by atoms with van der Waals surface area (Å²) >= 11 is 0. The van der Waals surface area contributed by atoms with Gasteiger partial charge < -0.3 is 9.84 Å². The molecule has 2 nitrogen and oxygen atoms in total. The van der Waals surface area contributed by atoms with Gasteiger partial charge in [0.15, 0.2) is 0 Å². The Morgan fingerprint density at radius 3 is 2.45 bits per heavy atom. The summed E-state index contributed by atoms with van der Waals surface area (Å²) in [5.74, 6) is 0. The Kier molecular flexibility index (Phi) is 3.53. The first-order valence-electron chi connectivity index (χ1n) is 7.40. The Bertz CT molecular complexity index is 590. The fourth-order valence-corrected chi connectivity index (χ4v) is 3.59. The molecule has 3 rings (SSSR count). The lowest BCUT2D eigenvalue weighted by molar-refractivity contribution is -0.130. The van der Waals surface area contributed by atoms with E-state index in [0.29, 0.717) is 19.3 Å². The predicted molar refractivity (Wildman–Crippen MR) is 81.8 cm³/mol. The van der Waals surface area contributed by atoms with Crippen LogP contribution in [0.2, 0.25) is 0 Å². The second-order valence-corrected chi connectivity index (χ2v) is 6.20. The van der Waals surface area contributed by atoms with Crippen molar-refractivity contribution in [2.24, 2.45) is 0 Å².